The normalized spacial score (nSPS) is 39.3. The lowest BCUT2D eigenvalue weighted by Crippen LogP contribution is -2.62. The molecule has 10 atom stereocenters. The van der Waals surface area contributed by atoms with Crippen LogP contribution in [0, 0.1) is 23.7 Å². The summed E-state index contributed by atoms with van der Waals surface area (Å²) in [6.45, 7) is 11.9. The Hall–Kier alpha value is -0.850. The Morgan fingerprint density at radius 1 is 1.20 bits per heavy atom. The fraction of sp³-hybridized carbons (Fsp3) is 0.968. The van der Waals surface area contributed by atoms with Gasteiger partial charge in [-0.15, -0.1) is 0 Å². The van der Waals surface area contributed by atoms with Gasteiger partial charge in [0.1, 0.15) is 0 Å². The zero-order valence-corrected chi connectivity index (χ0v) is 26.0. The predicted octanol–water partition coefficient (Wildman–Crippen LogP) is 1.30. The Balaban J connectivity index is 1.03. The first-order valence-electron chi connectivity index (χ1n) is 16.7. The predicted molar refractivity (Wildman–Crippen MR) is 160 cm³/mol. The summed E-state index contributed by atoms with van der Waals surface area (Å²) in [5, 5.41) is 24.8. The van der Waals surface area contributed by atoms with Crippen molar-refractivity contribution in [3.8, 4) is 0 Å². The highest BCUT2D eigenvalue weighted by Gasteiger charge is 2.41. The summed E-state index contributed by atoms with van der Waals surface area (Å²) in [5.41, 5.74) is 0. The fourth-order valence-corrected chi connectivity index (χ4v) is 7.88. The number of nitrogens with zero attached hydrogens (tertiary/aromatic N) is 2. The van der Waals surface area contributed by atoms with Gasteiger partial charge in [0.25, 0.3) is 0 Å². The van der Waals surface area contributed by atoms with E-state index in [-0.39, 0.29) is 30.3 Å². The third kappa shape index (κ3) is 8.20. The van der Waals surface area contributed by atoms with E-state index in [0.717, 1.165) is 45.3 Å². The summed E-state index contributed by atoms with van der Waals surface area (Å²) >= 11 is 0. The van der Waals surface area contributed by atoms with Gasteiger partial charge in [-0.2, -0.15) is 0 Å². The number of amides is 1. The minimum absolute atomic E-state index is 0.0469. The molecule has 236 valence electrons. The zero-order chi connectivity index (χ0) is 28.9. The van der Waals surface area contributed by atoms with Crippen molar-refractivity contribution in [2.75, 3.05) is 53.1 Å². The van der Waals surface area contributed by atoms with Crippen molar-refractivity contribution < 1.29 is 19.4 Å². The Bertz CT molecular complexity index is 832. The molecular formula is C31H58N6O4. The van der Waals surface area contributed by atoms with Crippen LogP contribution in [-0.4, -0.2) is 117 Å². The molecule has 0 aromatic heterocycles. The second-order valence-electron chi connectivity index (χ2n) is 13.8. The highest BCUT2D eigenvalue weighted by Crippen LogP contribution is 2.41. The second-order valence-corrected chi connectivity index (χ2v) is 13.8. The Morgan fingerprint density at radius 2 is 2.02 bits per heavy atom. The number of hydrogen-bond donors (Lipinski definition) is 5. The van der Waals surface area contributed by atoms with Gasteiger partial charge < -0.3 is 24.8 Å². The van der Waals surface area contributed by atoms with E-state index in [1.165, 1.54) is 25.7 Å². The van der Waals surface area contributed by atoms with Gasteiger partial charge in [-0.1, -0.05) is 20.3 Å². The summed E-state index contributed by atoms with van der Waals surface area (Å²) in [4.78, 5) is 17.9. The van der Waals surface area contributed by atoms with E-state index in [1.807, 2.05) is 0 Å². The lowest BCUT2D eigenvalue weighted by Gasteiger charge is -2.47. The fourth-order valence-electron chi connectivity index (χ4n) is 7.88. The number of carbonyl (C=O) groups is 1. The maximum Gasteiger partial charge on any atom is 0.223 e. The van der Waals surface area contributed by atoms with Crippen molar-refractivity contribution >= 4 is 5.91 Å². The zero-order valence-electron chi connectivity index (χ0n) is 26.0. The van der Waals surface area contributed by atoms with Crippen LogP contribution in [0.3, 0.4) is 0 Å². The molecule has 5 fully saturated rings. The number of rotatable bonds is 12. The van der Waals surface area contributed by atoms with Crippen LogP contribution in [0.15, 0.2) is 0 Å². The lowest BCUT2D eigenvalue weighted by molar-refractivity contribution is -0.128. The molecule has 2 saturated carbocycles. The third-order valence-corrected chi connectivity index (χ3v) is 11.0. The minimum Gasteiger partial charge on any atom is -0.390 e. The molecule has 3 aliphatic heterocycles. The lowest BCUT2D eigenvalue weighted by atomic mass is 9.68. The Labute approximate surface area is 248 Å². The molecule has 0 bridgehead atoms. The SMILES string of the molecule is CCN(C)C1CC(C(=O)NC[C@H](O)CN2CCC3C(CCC(OCC4OCNC4C)C3C)C2)CC(NC2CCC2)N1. The van der Waals surface area contributed by atoms with Gasteiger partial charge >= 0.3 is 0 Å². The first-order valence-corrected chi connectivity index (χ1v) is 16.7. The van der Waals surface area contributed by atoms with Crippen LogP contribution in [0.25, 0.3) is 0 Å². The van der Waals surface area contributed by atoms with Gasteiger partial charge in [0.2, 0.25) is 5.91 Å². The molecule has 0 aromatic carbocycles. The minimum atomic E-state index is -0.547. The molecule has 0 spiro atoms. The maximum atomic E-state index is 13.2. The molecule has 0 radical (unpaired) electrons. The van der Waals surface area contributed by atoms with Gasteiger partial charge in [-0.25, -0.2) is 0 Å². The van der Waals surface area contributed by atoms with Crippen molar-refractivity contribution in [2.24, 2.45) is 23.7 Å². The van der Waals surface area contributed by atoms with Crippen molar-refractivity contribution in [2.45, 2.75) is 115 Å². The monoisotopic (exact) mass is 578 g/mol. The van der Waals surface area contributed by atoms with Crippen molar-refractivity contribution in [3.05, 3.63) is 0 Å². The van der Waals surface area contributed by atoms with E-state index in [0.29, 0.717) is 62.4 Å². The molecule has 9 unspecified atom stereocenters. The molecule has 41 heavy (non-hydrogen) atoms. The van der Waals surface area contributed by atoms with Crippen LogP contribution >= 0.6 is 0 Å². The topological polar surface area (TPSA) is 110 Å². The Kier molecular flexibility index (Phi) is 11.4. The standard InChI is InChI=1S/C31H58N6O4/c1-5-36(4)30-14-23(13-29(35-30)34-24-7-6-8-24)31(39)32-15-25(38)17-37-12-11-26-20(2)27(10-9-22(26)16-37)40-18-28-21(3)33-19-41-28/h20-30,33-35,38H,5-19H2,1-4H3,(H,32,39)/t20?,21?,22?,23?,25-,26?,27?,28?,29?,30?/m0/s1. The Morgan fingerprint density at radius 3 is 2.73 bits per heavy atom. The van der Waals surface area contributed by atoms with Crippen LogP contribution in [0.5, 0.6) is 0 Å². The smallest absolute Gasteiger partial charge is 0.223 e. The van der Waals surface area contributed by atoms with Gasteiger partial charge in [0.15, 0.2) is 0 Å². The first kappa shape index (κ1) is 31.6. The number of piperidine rings is 2. The molecule has 5 rings (SSSR count). The summed E-state index contributed by atoms with van der Waals surface area (Å²) in [6, 6.07) is 0.928. The summed E-state index contributed by atoms with van der Waals surface area (Å²) in [7, 11) is 2.12. The molecule has 1 amide bonds. The van der Waals surface area contributed by atoms with Crippen LogP contribution in [-0.2, 0) is 14.3 Å². The van der Waals surface area contributed by atoms with E-state index in [1.54, 1.807) is 0 Å². The maximum absolute atomic E-state index is 13.2. The molecule has 5 N–H and O–H groups in total. The number of likely N-dealkylation sites (tertiary alicyclic amines) is 1. The van der Waals surface area contributed by atoms with Gasteiger partial charge in [0.05, 0.1) is 44.0 Å². The molecule has 2 aliphatic carbocycles. The molecule has 0 aromatic rings. The molecule has 3 saturated heterocycles. The number of nitrogens with one attached hydrogen (secondary N) is 4. The highest BCUT2D eigenvalue weighted by atomic mass is 16.5. The van der Waals surface area contributed by atoms with Crippen molar-refractivity contribution in [3.63, 3.8) is 0 Å². The number of aliphatic hydroxyl groups is 1. The number of aliphatic hydroxyl groups excluding tert-OH is 1. The molecule has 10 nitrogen and oxygen atoms in total. The average molecular weight is 579 g/mol. The summed E-state index contributed by atoms with van der Waals surface area (Å²) in [5.74, 6) is 1.92. The largest absolute Gasteiger partial charge is 0.390 e. The van der Waals surface area contributed by atoms with Gasteiger partial charge in [0, 0.05) is 37.6 Å². The van der Waals surface area contributed by atoms with Crippen LogP contribution in [0.1, 0.15) is 72.1 Å². The first-order chi connectivity index (χ1) is 19.8. The van der Waals surface area contributed by atoms with Crippen LogP contribution in [0.4, 0.5) is 0 Å². The summed E-state index contributed by atoms with van der Waals surface area (Å²) < 4.78 is 12.1. The van der Waals surface area contributed by atoms with E-state index in [9.17, 15) is 9.90 Å². The number of carbonyl (C=O) groups excluding carboxylic acids is 1. The quantitative estimate of drug-likeness (QED) is 0.234. The van der Waals surface area contributed by atoms with E-state index in [2.05, 4.69) is 58.9 Å². The molecular weight excluding hydrogens is 520 g/mol. The molecule has 10 heteroatoms. The van der Waals surface area contributed by atoms with E-state index < -0.39 is 6.10 Å². The van der Waals surface area contributed by atoms with Crippen molar-refractivity contribution in [1.82, 2.24) is 31.1 Å². The molecule has 3 heterocycles. The number of ether oxygens (including phenoxy) is 2. The second kappa shape index (κ2) is 14.8. The number of β-amino-alcohol motifs (C(OH)–C–C–N with tert-alkyl or cyclic N) is 1. The molecule has 5 aliphatic rings. The third-order valence-electron chi connectivity index (χ3n) is 11.0. The van der Waals surface area contributed by atoms with Crippen molar-refractivity contribution in [1.29, 1.82) is 0 Å². The van der Waals surface area contributed by atoms with Gasteiger partial charge in [-0.3, -0.25) is 25.6 Å². The van der Waals surface area contributed by atoms with Crippen LogP contribution in [0.2, 0.25) is 0 Å². The number of fused-ring (bicyclic) bond motifs is 1. The highest BCUT2D eigenvalue weighted by molar-refractivity contribution is 5.78. The van der Waals surface area contributed by atoms with Crippen LogP contribution < -0.4 is 21.3 Å². The van der Waals surface area contributed by atoms with Gasteiger partial charge in [-0.05, 0) is 89.8 Å². The number of hydrogen-bond acceptors (Lipinski definition) is 9. The van der Waals surface area contributed by atoms with E-state index in [4.69, 9.17) is 9.47 Å². The summed E-state index contributed by atoms with van der Waals surface area (Å²) in [6.07, 6.45) is 9.07. The average Bonchev–Trinajstić information content (AvgIpc) is 3.37. The van der Waals surface area contributed by atoms with E-state index >= 15 is 0 Å².